The molecule has 0 spiro atoms. The Morgan fingerprint density at radius 2 is 1.91 bits per heavy atom. The Morgan fingerprint density at radius 1 is 1.27 bits per heavy atom. The molecule has 1 heteroatoms. The molecular weight excluding hydrogens is 152 g/mol. The second kappa shape index (κ2) is 2.98. The Bertz CT molecular complexity index is 227. The molecule has 11 heavy (non-hydrogen) atoms. The summed E-state index contributed by atoms with van der Waals surface area (Å²) in [6.07, 6.45) is 1.17. The maximum Gasteiger partial charge on any atom is 0.0102 e. The predicted octanol–water partition coefficient (Wildman–Crippen LogP) is 3.61. The van der Waals surface area contributed by atoms with E-state index in [0.29, 0.717) is 5.41 Å². The van der Waals surface area contributed by atoms with Crippen LogP contribution in [-0.4, -0.2) is 0 Å². The molecule has 0 bridgehead atoms. The minimum atomic E-state index is 0.331. The zero-order valence-electron chi connectivity index (χ0n) is 7.77. The van der Waals surface area contributed by atoms with Gasteiger partial charge in [-0.15, -0.1) is 11.3 Å². The third kappa shape index (κ3) is 2.06. The fraction of sp³-hybridized carbons (Fsp3) is 0.600. The molecule has 0 aliphatic carbocycles. The maximum absolute atomic E-state index is 2.26. The zero-order chi connectivity index (χ0) is 8.48. The molecule has 1 rings (SSSR count). The van der Waals surface area contributed by atoms with Crippen LogP contribution in [0, 0.1) is 0 Å². The summed E-state index contributed by atoms with van der Waals surface area (Å²) in [6.45, 7) is 8.99. The third-order valence-corrected chi connectivity index (χ3v) is 3.40. The van der Waals surface area contributed by atoms with Gasteiger partial charge in [0.1, 0.15) is 0 Å². The van der Waals surface area contributed by atoms with Crippen molar-refractivity contribution in [3.05, 3.63) is 21.9 Å². The predicted molar refractivity (Wildman–Crippen MR) is 52.4 cm³/mol. The van der Waals surface area contributed by atoms with Crippen LogP contribution in [0.1, 0.15) is 37.4 Å². The lowest BCUT2D eigenvalue weighted by Crippen LogP contribution is -2.07. The van der Waals surface area contributed by atoms with Crippen LogP contribution in [0.25, 0.3) is 0 Å². The number of aryl methyl sites for hydroxylation is 1. The van der Waals surface area contributed by atoms with E-state index in [1.54, 1.807) is 0 Å². The molecule has 0 saturated heterocycles. The minimum absolute atomic E-state index is 0.331. The van der Waals surface area contributed by atoms with Gasteiger partial charge in [-0.05, 0) is 24.0 Å². The van der Waals surface area contributed by atoms with Gasteiger partial charge >= 0.3 is 0 Å². The Morgan fingerprint density at radius 3 is 2.18 bits per heavy atom. The van der Waals surface area contributed by atoms with Crippen molar-refractivity contribution in [1.82, 2.24) is 0 Å². The van der Waals surface area contributed by atoms with Crippen LogP contribution in [0.3, 0.4) is 0 Å². The molecule has 0 aromatic carbocycles. The molecule has 62 valence electrons. The van der Waals surface area contributed by atoms with Crippen molar-refractivity contribution in [2.45, 2.75) is 39.5 Å². The van der Waals surface area contributed by atoms with Crippen LogP contribution in [0.5, 0.6) is 0 Å². The van der Waals surface area contributed by atoms with Gasteiger partial charge in [-0.2, -0.15) is 0 Å². The van der Waals surface area contributed by atoms with Crippen molar-refractivity contribution < 1.29 is 0 Å². The van der Waals surface area contributed by atoms with Gasteiger partial charge in [-0.3, -0.25) is 0 Å². The summed E-state index contributed by atoms with van der Waals surface area (Å²) in [5.41, 5.74) is 0.331. The lowest BCUT2D eigenvalue weighted by molar-refractivity contribution is 0.604. The Balaban J connectivity index is 2.89. The summed E-state index contributed by atoms with van der Waals surface area (Å²) < 4.78 is 0. The average molecular weight is 168 g/mol. The lowest BCUT2D eigenvalue weighted by Gasteiger charge is -2.15. The maximum atomic E-state index is 2.26. The first kappa shape index (κ1) is 8.79. The fourth-order valence-electron chi connectivity index (χ4n) is 0.971. The Kier molecular flexibility index (Phi) is 2.38. The van der Waals surface area contributed by atoms with E-state index >= 15 is 0 Å². The largest absolute Gasteiger partial charge is 0.145 e. The summed E-state index contributed by atoms with van der Waals surface area (Å²) in [5.74, 6) is 0. The van der Waals surface area contributed by atoms with E-state index in [9.17, 15) is 0 Å². The molecule has 1 aromatic heterocycles. The molecule has 0 N–H and O–H groups in total. The van der Waals surface area contributed by atoms with Crippen molar-refractivity contribution in [1.29, 1.82) is 0 Å². The molecule has 0 aliphatic heterocycles. The third-order valence-electron chi connectivity index (χ3n) is 1.75. The lowest BCUT2D eigenvalue weighted by atomic mass is 9.95. The van der Waals surface area contributed by atoms with E-state index in [1.807, 2.05) is 11.3 Å². The number of hydrogen-bond acceptors (Lipinski definition) is 1. The van der Waals surface area contributed by atoms with Gasteiger partial charge < -0.3 is 0 Å². The SMILES string of the molecule is CCc1ccc(C(C)(C)C)s1. The van der Waals surface area contributed by atoms with Crippen LogP contribution in [0.15, 0.2) is 12.1 Å². The first-order valence-electron chi connectivity index (χ1n) is 4.13. The van der Waals surface area contributed by atoms with Crippen molar-refractivity contribution >= 4 is 11.3 Å². The molecule has 0 unspecified atom stereocenters. The van der Waals surface area contributed by atoms with Crippen LogP contribution in [0.4, 0.5) is 0 Å². The van der Waals surface area contributed by atoms with Crippen molar-refractivity contribution in [3.8, 4) is 0 Å². The van der Waals surface area contributed by atoms with Crippen molar-refractivity contribution in [2.24, 2.45) is 0 Å². The van der Waals surface area contributed by atoms with Crippen molar-refractivity contribution in [2.75, 3.05) is 0 Å². The summed E-state index contributed by atoms with van der Waals surface area (Å²) >= 11 is 1.94. The zero-order valence-corrected chi connectivity index (χ0v) is 8.59. The van der Waals surface area contributed by atoms with E-state index in [1.165, 1.54) is 16.2 Å². The van der Waals surface area contributed by atoms with Gasteiger partial charge in [0.05, 0.1) is 0 Å². The van der Waals surface area contributed by atoms with E-state index < -0.39 is 0 Å². The second-order valence-corrected chi connectivity index (χ2v) is 5.04. The monoisotopic (exact) mass is 168 g/mol. The van der Waals surface area contributed by atoms with Gasteiger partial charge in [-0.25, -0.2) is 0 Å². The van der Waals surface area contributed by atoms with Crippen LogP contribution < -0.4 is 0 Å². The Hall–Kier alpha value is -0.300. The van der Waals surface area contributed by atoms with Crippen LogP contribution >= 0.6 is 11.3 Å². The highest BCUT2D eigenvalue weighted by Gasteiger charge is 2.15. The molecular formula is C10H16S. The summed E-state index contributed by atoms with van der Waals surface area (Å²) in [4.78, 5) is 2.99. The highest BCUT2D eigenvalue weighted by atomic mass is 32.1. The number of rotatable bonds is 1. The Labute approximate surface area is 73.3 Å². The summed E-state index contributed by atoms with van der Waals surface area (Å²) in [5, 5.41) is 0. The van der Waals surface area contributed by atoms with Crippen molar-refractivity contribution in [3.63, 3.8) is 0 Å². The first-order chi connectivity index (χ1) is 5.04. The highest BCUT2D eigenvalue weighted by Crippen LogP contribution is 2.29. The van der Waals surface area contributed by atoms with Crippen LogP contribution in [-0.2, 0) is 11.8 Å². The van der Waals surface area contributed by atoms with E-state index in [-0.39, 0.29) is 0 Å². The second-order valence-electron chi connectivity index (χ2n) is 3.87. The molecule has 0 radical (unpaired) electrons. The van der Waals surface area contributed by atoms with Crippen LogP contribution in [0.2, 0.25) is 0 Å². The normalized spacial score (nSPS) is 12.0. The quantitative estimate of drug-likeness (QED) is 0.601. The van der Waals surface area contributed by atoms with Gasteiger partial charge in [0.15, 0.2) is 0 Å². The molecule has 0 aliphatic rings. The molecule has 0 nitrogen and oxygen atoms in total. The average Bonchev–Trinajstić information content (AvgIpc) is 2.32. The van der Waals surface area contributed by atoms with Gasteiger partial charge in [0, 0.05) is 9.75 Å². The van der Waals surface area contributed by atoms with E-state index in [4.69, 9.17) is 0 Å². The van der Waals surface area contributed by atoms with Gasteiger partial charge in [-0.1, -0.05) is 27.7 Å². The molecule has 1 aromatic rings. The number of hydrogen-bond donors (Lipinski definition) is 0. The standard InChI is InChI=1S/C10H16S/c1-5-8-6-7-9(11-8)10(2,3)4/h6-7H,5H2,1-4H3. The molecule has 0 atom stereocenters. The summed E-state index contributed by atoms with van der Waals surface area (Å²) in [6, 6.07) is 4.49. The topological polar surface area (TPSA) is 0 Å². The summed E-state index contributed by atoms with van der Waals surface area (Å²) in [7, 11) is 0. The molecule has 0 fully saturated rings. The molecule has 0 amide bonds. The minimum Gasteiger partial charge on any atom is -0.145 e. The van der Waals surface area contributed by atoms with Gasteiger partial charge in [0.2, 0.25) is 0 Å². The fourth-order valence-corrected chi connectivity index (χ4v) is 1.98. The molecule has 1 heterocycles. The first-order valence-corrected chi connectivity index (χ1v) is 4.95. The van der Waals surface area contributed by atoms with E-state index in [2.05, 4.69) is 39.8 Å². The number of thiophene rings is 1. The van der Waals surface area contributed by atoms with Gasteiger partial charge in [0.25, 0.3) is 0 Å². The highest BCUT2D eigenvalue weighted by molar-refractivity contribution is 7.12. The van der Waals surface area contributed by atoms with E-state index in [0.717, 1.165) is 0 Å². The smallest absolute Gasteiger partial charge is 0.0102 e. The molecule has 0 saturated carbocycles.